The summed E-state index contributed by atoms with van der Waals surface area (Å²) in [6.45, 7) is 4.65. The summed E-state index contributed by atoms with van der Waals surface area (Å²) < 4.78 is 1.72. The van der Waals surface area contributed by atoms with Crippen LogP contribution in [0.4, 0.5) is 0 Å². The number of piperazine rings is 1. The van der Waals surface area contributed by atoms with Crippen LogP contribution >= 0.6 is 11.6 Å². The van der Waals surface area contributed by atoms with Gasteiger partial charge in [0.1, 0.15) is 5.82 Å². The molecule has 0 unspecified atom stereocenters. The van der Waals surface area contributed by atoms with Gasteiger partial charge in [0.05, 0.1) is 23.1 Å². The number of fused-ring (bicyclic) bond motifs is 1. The van der Waals surface area contributed by atoms with Crippen molar-refractivity contribution in [3.63, 3.8) is 0 Å². The normalized spacial score (nSPS) is 16.2. The van der Waals surface area contributed by atoms with Crippen molar-refractivity contribution in [2.75, 3.05) is 33.2 Å². The van der Waals surface area contributed by atoms with E-state index in [1.54, 1.807) is 16.7 Å². The van der Waals surface area contributed by atoms with E-state index in [2.05, 4.69) is 16.8 Å². The Hall–Kier alpha value is -2.21. The topological polar surface area (TPSA) is 41.4 Å². The summed E-state index contributed by atoms with van der Waals surface area (Å²) in [6, 6.07) is 14.9. The lowest BCUT2D eigenvalue weighted by atomic mass is 10.2. The third-order valence-corrected chi connectivity index (χ3v) is 5.14. The molecule has 0 bridgehead atoms. The first-order valence-electron chi connectivity index (χ1n) is 8.79. The number of benzene rings is 2. The van der Waals surface area contributed by atoms with Gasteiger partial charge in [0.15, 0.2) is 0 Å². The molecule has 0 spiro atoms. The largest absolute Gasteiger partial charge is 0.304 e. The van der Waals surface area contributed by atoms with E-state index in [1.807, 2.05) is 36.4 Å². The first-order chi connectivity index (χ1) is 12.6. The molecule has 0 N–H and O–H groups in total. The minimum atomic E-state index is -0.0398. The van der Waals surface area contributed by atoms with E-state index in [1.165, 1.54) is 0 Å². The number of para-hydroxylation sites is 1. The van der Waals surface area contributed by atoms with E-state index in [0.29, 0.717) is 17.0 Å². The molecule has 4 rings (SSSR count). The molecule has 1 aromatic heterocycles. The first kappa shape index (κ1) is 17.2. The number of hydrogen-bond acceptors (Lipinski definition) is 4. The van der Waals surface area contributed by atoms with Crippen LogP contribution in [0.1, 0.15) is 5.82 Å². The molecule has 1 saturated heterocycles. The van der Waals surface area contributed by atoms with Crippen LogP contribution in [0.3, 0.4) is 0 Å². The molecule has 3 aromatic rings. The number of rotatable bonds is 3. The van der Waals surface area contributed by atoms with Crippen molar-refractivity contribution >= 4 is 22.5 Å². The molecular formula is C20H21ClN4O. The Kier molecular flexibility index (Phi) is 4.76. The van der Waals surface area contributed by atoms with Gasteiger partial charge in [0, 0.05) is 31.2 Å². The Bertz CT molecular complexity index is 975. The van der Waals surface area contributed by atoms with E-state index in [-0.39, 0.29) is 5.56 Å². The van der Waals surface area contributed by atoms with Crippen LogP contribution in [0.5, 0.6) is 0 Å². The molecule has 0 amide bonds. The molecule has 0 atom stereocenters. The third kappa shape index (κ3) is 3.38. The maximum atomic E-state index is 13.2. The van der Waals surface area contributed by atoms with Gasteiger partial charge >= 0.3 is 0 Å². The van der Waals surface area contributed by atoms with Gasteiger partial charge in [-0.25, -0.2) is 4.98 Å². The van der Waals surface area contributed by atoms with Crippen LogP contribution in [0, 0.1) is 0 Å². The fourth-order valence-electron chi connectivity index (χ4n) is 3.35. The summed E-state index contributed by atoms with van der Waals surface area (Å²) >= 11 is 6.03. The molecule has 0 aliphatic carbocycles. The zero-order chi connectivity index (χ0) is 18.1. The second-order valence-electron chi connectivity index (χ2n) is 6.74. The Morgan fingerprint density at radius 1 is 1.00 bits per heavy atom. The van der Waals surface area contributed by atoms with Crippen molar-refractivity contribution in [3.05, 3.63) is 69.7 Å². The SMILES string of the molecule is CN1CCN(Cc2nc3ccccc3c(=O)n2-c2ccc(Cl)cc2)CC1. The summed E-state index contributed by atoms with van der Waals surface area (Å²) in [5.41, 5.74) is 1.50. The van der Waals surface area contributed by atoms with Crippen molar-refractivity contribution in [1.29, 1.82) is 0 Å². The lowest BCUT2D eigenvalue weighted by Gasteiger charge is -2.32. The van der Waals surface area contributed by atoms with Gasteiger partial charge in [0.2, 0.25) is 0 Å². The monoisotopic (exact) mass is 368 g/mol. The van der Waals surface area contributed by atoms with E-state index in [0.717, 1.165) is 43.2 Å². The van der Waals surface area contributed by atoms with Crippen molar-refractivity contribution in [3.8, 4) is 5.69 Å². The summed E-state index contributed by atoms with van der Waals surface area (Å²) in [4.78, 5) is 22.7. The van der Waals surface area contributed by atoms with Gasteiger partial charge in [-0.3, -0.25) is 14.3 Å². The molecule has 1 aliphatic rings. The predicted molar refractivity (Wildman–Crippen MR) is 105 cm³/mol. The van der Waals surface area contributed by atoms with Crippen molar-refractivity contribution in [2.24, 2.45) is 0 Å². The van der Waals surface area contributed by atoms with Crippen LogP contribution in [0.2, 0.25) is 5.02 Å². The maximum Gasteiger partial charge on any atom is 0.266 e. The van der Waals surface area contributed by atoms with Crippen molar-refractivity contribution in [1.82, 2.24) is 19.4 Å². The number of aromatic nitrogens is 2. The molecule has 1 aliphatic heterocycles. The smallest absolute Gasteiger partial charge is 0.266 e. The lowest BCUT2D eigenvalue weighted by Crippen LogP contribution is -2.44. The first-order valence-corrected chi connectivity index (χ1v) is 9.17. The van der Waals surface area contributed by atoms with E-state index in [4.69, 9.17) is 16.6 Å². The standard InChI is InChI=1S/C20H21ClN4O/c1-23-10-12-24(13-11-23)14-19-22-18-5-3-2-4-17(18)20(26)25(19)16-8-6-15(21)7-9-16/h2-9H,10-14H2,1H3. The van der Waals surface area contributed by atoms with Gasteiger partial charge < -0.3 is 4.90 Å². The zero-order valence-corrected chi connectivity index (χ0v) is 15.5. The molecule has 0 radical (unpaired) electrons. The Morgan fingerprint density at radius 3 is 2.42 bits per heavy atom. The number of nitrogens with zero attached hydrogens (tertiary/aromatic N) is 4. The molecular weight excluding hydrogens is 348 g/mol. The van der Waals surface area contributed by atoms with Crippen LogP contribution in [-0.4, -0.2) is 52.6 Å². The zero-order valence-electron chi connectivity index (χ0n) is 14.7. The van der Waals surface area contributed by atoms with Crippen LogP contribution in [0.25, 0.3) is 16.6 Å². The molecule has 2 aromatic carbocycles. The Labute approximate surface area is 157 Å². The van der Waals surface area contributed by atoms with Crippen molar-refractivity contribution in [2.45, 2.75) is 6.54 Å². The van der Waals surface area contributed by atoms with Gasteiger partial charge in [-0.2, -0.15) is 0 Å². The number of hydrogen-bond donors (Lipinski definition) is 0. The highest BCUT2D eigenvalue weighted by Crippen LogP contribution is 2.17. The fraction of sp³-hybridized carbons (Fsp3) is 0.300. The van der Waals surface area contributed by atoms with Crippen LogP contribution < -0.4 is 5.56 Å². The average molecular weight is 369 g/mol. The molecule has 0 saturated carbocycles. The second-order valence-corrected chi connectivity index (χ2v) is 7.18. The van der Waals surface area contributed by atoms with Gasteiger partial charge in [-0.05, 0) is 43.4 Å². The van der Waals surface area contributed by atoms with Crippen molar-refractivity contribution < 1.29 is 0 Å². The third-order valence-electron chi connectivity index (χ3n) is 4.89. The highest BCUT2D eigenvalue weighted by molar-refractivity contribution is 6.30. The summed E-state index contributed by atoms with van der Waals surface area (Å²) in [6.07, 6.45) is 0. The summed E-state index contributed by atoms with van der Waals surface area (Å²) in [5, 5.41) is 1.28. The molecule has 1 fully saturated rings. The second kappa shape index (κ2) is 7.19. The molecule has 2 heterocycles. The maximum absolute atomic E-state index is 13.2. The van der Waals surface area contributed by atoms with E-state index >= 15 is 0 Å². The quantitative estimate of drug-likeness (QED) is 0.713. The van der Waals surface area contributed by atoms with E-state index < -0.39 is 0 Å². The Morgan fingerprint density at radius 2 is 1.69 bits per heavy atom. The summed E-state index contributed by atoms with van der Waals surface area (Å²) in [5.74, 6) is 0.764. The lowest BCUT2D eigenvalue weighted by molar-refractivity contribution is 0.144. The predicted octanol–water partition coefficient (Wildman–Crippen LogP) is 2.79. The minimum absolute atomic E-state index is 0.0398. The van der Waals surface area contributed by atoms with Crippen LogP contribution in [0.15, 0.2) is 53.3 Å². The minimum Gasteiger partial charge on any atom is -0.304 e. The number of halogens is 1. The van der Waals surface area contributed by atoms with E-state index in [9.17, 15) is 4.79 Å². The van der Waals surface area contributed by atoms with Crippen LogP contribution in [-0.2, 0) is 6.54 Å². The highest BCUT2D eigenvalue weighted by Gasteiger charge is 2.18. The number of likely N-dealkylation sites (N-methyl/N-ethyl adjacent to an activating group) is 1. The Balaban J connectivity index is 1.82. The van der Waals surface area contributed by atoms with Gasteiger partial charge in [-0.1, -0.05) is 23.7 Å². The molecule has 26 heavy (non-hydrogen) atoms. The van der Waals surface area contributed by atoms with Gasteiger partial charge in [0.25, 0.3) is 5.56 Å². The molecule has 6 heteroatoms. The van der Waals surface area contributed by atoms with Gasteiger partial charge in [-0.15, -0.1) is 0 Å². The highest BCUT2D eigenvalue weighted by atomic mass is 35.5. The summed E-state index contributed by atoms with van der Waals surface area (Å²) in [7, 11) is 2.13. The average Bonchev–Trinajstić information content (AvgIpc) is 2.65. The molecule has 5 nitrogen and oxygen atoms in total. The fourth-order valence-corrected chi connectivity index (χ4v) is 3.47. The molecule has 134 valence electrons.